The van der Waals surface area contributed by atoms with Crippen LogP contribution in [0.4, 0.5) is 5.13 Å². The van der Waals surface area contributed by atoms with Crippen molar-refractivity contribution in [1.82, 2.24) is 19.2 Å². The summed E-state index contributed by atoms with van der Waals surface area (Å²) in [7, 11) is 1.70. The largest absolute Gasteiger partial charge is 0.497 e. The Morgan fingerprint density at radius 3 is 2.61 bits per heavy atom. The fraction of sp³-hybridized carbons (Fsp3) is 0.350. The molecule has 1 saturated heterocycles. The molecule has 0 saturated carbocycles. The number of pyridine rings is 1. The monoisotopic (exact) mass is 415 g/mol. The van der Waals surface area contributed by atoms with Crippen molar-refractivity contribution in [3.05, 3.63) is 53.2 Å². The third-order valence-electron chi connectivity index (χ3n) is 4.88. The molecule has 3 aromatic rings. The van der Waals surface area contributed by atoms with E-state index in [4.69, 9.17) is 16.3 Å². The lowest BCUT2D eigenvalue weighted by molar-refractivity contribution is 0.261. The van der Waals surface area contributed by atoms with E-state index in [1.807, 2.05) is 12.1 Å². The zero-order valence-electron chi connectivity index (χ0n) is 15.7. The minimum atomic E-state index is 0.643. The van der Waals surface area contributed by atoms with Crippen LogP contribution in [0.5, 0.6) is 5.75 Å². The predicted octanol–water partition coefficient (Wildman–Crippen LogP) is 3.63. The molecule has 1 aromatic carbocycles. The second-order valence-corrected chi connectivity index (χ2v) is 7.85. The van der Waals surface area contributed by atoms with Crippen LogP contribution in [0.15, 0.2) is 42.6 Å². The Labute approximate surface area is 173 Å². The Bertz CT molecular complexity index is 909. The average molecular weight is 416 g/mol. The Hall–Kier alpha value is -2.22. The van der Waals surface area contributed by atoms with Crippen molar-refractivity contribution < 1.29 is 4.74 Å². The Kier molecular flexibility index (Phi) is 6.04. The number of methoxy groups -OCH3 is 1. The molecule has 3 heterocycles. The minimum Gasteiger partial charge on any atom is -0.497 e. The lowest BCUT2D eigenvalue weighted by atomic mass is 10.1. The summed E-state index contributed by atoms with van der Waals surface area (Å²) in [5.41, 5.74) is 2.05. The number of hydrogen-bond donors (Lipinski definition) is 0. The Morgan fingerprint density at radius 1 is 1.11 bits per heavy atom. The number of anilines is 1. The first-order valence-electron chi connectivity index (χ1n) is 9.27. The van der Waals surface area contributed by atoms with E-state index in [1.165, 1.54) is 17.1 Å². The van der Waals surface area contributed by atoms with Gasteiger partial charge in [0.15, 0.2) is 5.82 Å². The van der Waals surface area contributed by atoms with Crippen LogP contribution in [0.25, 0.3) is 11.5 Å². The van der Waals surface area contributed by atoms with Crippen LogP contribution in [0, 0.1) is 0 Å². The van der Waals surface area contributed by atoms with Gasteiger partial charge in [0.1, 0.15) is 11.4 Å². The van der Waals surface area contributed by atoms with Gasteiger partial charge in [-0.05, 0) is 36.2 Å². The molecule has 0 N–H and O–H groups in total. The molecule has 28 heavy (non-hydrogen) atoms. The maximum absolute atomic E-state index is 6.04. The smallest absolute Gasteiger partial charge is 0.205 e. The van der Waals surface area contributed by atoms with E-state index in [-0.39, 0.29) is 0 Å². The SMILES string of the molecule is COc1ccc(CCN2CCN(c3nc(-c4cc(Cl)ccn4)ns3)CC2)cc1. The van der Waals surface area contributed by atoms with Crippen molar-refractivity contribution >= 4 is 28.3 Å². The molecule has 1 aliphatic rings. The molecule has 0 amide bonds. The van der Waals surface area contributed by atoms with Gasteiger partial charge in [0.05, 0.1) is 7.11 Å². The summed E-state index contributed by atoms with van der Waals surface area (Å²) >= 11 is 7.46. The fourth-order valence-electron chi connectivity index (χ4n) is 3.22. The first kappa shape index (κ1) is 19.1. The molecule has 146 valence electrons. The molecular weight excluding hydrogens is 394 g/mol. The van der Waals surface area contributed by atoms with Gasteiger partial charge in [-0.1, -0.05) is 23.7 Å². The number of halogens is 1. The van der Waals surface area contributed by atoms with Gasteiger partial charge in [0, 0.05) is 55.5 Å². The molecule has 1 fully saturated rings. The quantitative estimate of drug-likeness (QED) is 0.612. The summed E-state index contributed by atoms with van der Waals surface area (Å²) in [6.45, 7) is 5.04. The molecule has 0 radical (unpaired) electrons. The summed E-state index contributed by atoms with van der Waals surface area (Å²) in [4.78, 5) is 13.8. The third-order valence-corrected chi connectivity index (χ3v) is 5.90. The van der Waals surface area contributed by atoms with Crippen LogP contribution in [-0.2, 0) is 6.42 Å². The lowest BCUT2D eigenvalue weighted by Gasteiger charge is -2.34. The number of benzene rings is 1. The highest BCUT2D eigenvalue weighted by Crippen LogP contribution is 2.25. The van der Waals surface area contributed by atoms with E-state index in [0.717, 1.165) is 50.0 Å². The normalized spacial score (nSPS) is 15.0. The number of rotatable bonds is 6. The first-order valence-corrected chi connectivity index (χ1v) is 10.4. The molecule has 4 rings (SSSR count). The van der Waals surface area contributed by atoms with Gasteiger partial charge in [-0.2, -0.15) is 9.36 Å². The van der Waals surface area contributed by atoms with E-state index < -0.39 is 0 Å². The van der Waals surface area contributed by atoms with Gasteiger partial charge >= 0.3 is 0 Å². The van der Waals surface area contributed by atoms with Crippen molar-refractivity contribution in [3.8, 4) is 17.3 Å². The second-order valence-electron chi connectivity index (χ2n) is 6.69. The van der Waals surface area contributed by atoms with Crippen LogP contribution < -0.4 is 9.64 Å². The van der Waals surface area contributed by atoms with Crippen LogP contribution in [0.1, 0.15) is 5.56 Å². The van der Waals surface area contributed by atoms with Crippen molar-refractivity contribution in [2.24, 2.45) is 0 Å². The number of aromatic nitrogens is 3. The van der Waals surface area contributed by atoms with E-state index >= 15 is 0 Å². The second kappa shape index (κ2) is 8.86. The third kappa shape index (κ3) is 4.60. The van der Waals surface area contributed by atoms with Gasteiger partial charge in [-0.3, -0.25) is 9.88 Å². The Morgan fingerprint density at radius 2 is 1.89 bits per heavy atom. The van der Waals surface area contributed by atoms with Crippen LogP contribution in [0.3, 0.4) is 0 Å². The highest BCUT2D eigenvalue weighted by Gasteiger charge is 2.20. The van der Waals surface area contributed by atoms with Gasteiger partial charge < -0.3 is 9.64 Å². The molecule has 2 aromatic heterocycles. The first-order chi connectivity index (χ1) is 13.7. The predicted molar refractivity (Wildman–Crippen MR) is 114 cm³/mol. The highest BCUT2D eigenvalue weighted by molar-refractivity contribution is 7.09. The summed E-state index contributed by atoms with van der Waals surface area (Å²) in [5, 5.41) is 1.60. The summed E-state index contributed by atoms with van der Waals surface area (Å²) < 4.78 is 9.67. The molecule has 0 aliphatic carbocycles. The molecule has 1 aliphatic heterocycles. The molecule has 0 unspecified atom stereocenters. The molecule has 0 atom stereocenters. The van der Waals surface area contributed by atoms with Gasteiger partial charge in [0.2, 0.25) is 5.13 Å². The van der Waals surface area contributed by atoms with Gasteiger partial charge in [0.25, 0.3) is 0 Å². The number of ether oxygens (including phenoxy) is 1. The number of piperazine rings is 1. The minimum absolute atomic E-state index is 0.643. The molecular formula is C20H22ClN5OS. The van der Waals surface area contributed by atoms with Crippen molar-refractivity contribution in [2.75, 3.05) is 44.7 Å². The summed E-state index contributed by atoms with van der Waals surface area (Å²) in [5.74, 6) is 1.55. The molecule has 0 bridgehead atoms. The molecule has 6 nitrogen and oxygen atoms in total. The van der Waals surface area contributed by atoms with E-state index in [9.17, 15) is 0 Å². The average Bonchev–Trinajstić information content (AvgIpc) is 3.23. The van der Waals surface area contributed by atoms with E-state index in [2.05, 4.69) is 36.3 Å². The van der Waals surface area contributed by atoms with Crippen molar-refractivity contribution in [1.29, 1.82) is 0 Å². The fourth-order valence-corrected chi connectivity index (χ4v) is 4.10. The number of hydrogen-bond acceptors (Lipinski definition) is 7. The Balaban J connectivity index is 1.29. The highest BCUT2D eigenvalue weighted by atomic mass is 35.5. The van der Waals surface area contributed by atoms with Gasteiger partial charge in [-0.15, -0.1) is 0 Å². The number of nitrogens with zero attached hydrogens (tertiary/aromatic N) is 5. The van der Waals surface area contributed by atoms with Gasteiger partial charge in [-0.25, -0.2) is 0 Å². The zero-order chi connectivity index (χ0) is 19.3. The lowest BCUT2D eigenvalue weighted by Crippen LogP contribution is -2.47. The van der Waals surface area contributed by atoms with Crippen LogP contribution in [-0.4, -0.2) is 59.1 Å². The zero-order valence-corrected chi connectivity index (χ0v) is 17.3. The topological polar surface area (TPSA) is 54.4 Å². The summed E-state index contributed by atoms with van der Waals surface area (Å²) in [6, 6.07) is 11.9. The maximum Gasteiger partial charge on any atom is 0.205 e. The standard InChI is InChI=1S/C20H22ClN5OS/c1-27-17-4-2-15(3-5-17)7-9-25-10-12-26(13-11-25)20-23-19(24-28-20)18-14-16(21)6-8-22-18/h2-6,8,14H,7,9-13H2,1H3. The molecule has 0 spiro atoms. The maximum atomic E-state index is 6.04. The summed E-state index contributed by atoms with van der Waals surface area (Å²) in [6.07, 6.45) is 2.73. The van der Waals surface area contributed by atoms with Crippen LogP contribution in [0.2, 0.25) is 5.02 Å². The van der Waals surface area contributed by atoms with E-state index in [0.29, 0.717) is 16.5 Å². The van der Waals surface area contributed by atoms with Crippen molar-refractivity contribution in [2.45, 2.75) is 6.42 Å². The van der Waals surface area contributed by atoms with Crippen LogP contribution >= 0.6 is 23.1 Å². The van der Waals surface area contributed by atoms with E-state index in [1.54, 1.807) is 25.4 Å². The molecule has 8 heteroatoms. The van der Waals surface area contributed by atoms with Crippen molar-refractivity contribution in [3.63, 3.8) is 0 Å².